The van der Waals surface area contributed by atoms with Crippen LogP contribution in [0.4, 0.5) is 21.6 Å². The summed E-state index contributed by atoms with van der Waals surface area (Å²) in [6, 6.07) is 16.0. The molecule has 0 fully saturated rings. The highest BCUT2D eigenvalue weighted by Gasteiger charge is 2.17. The minimum atomic E-state index is -0.474. The van der Waals surface area contributed by atoms with E-state index in [-0.39, 0.29) is 11.2 Å². The topological polar surface area (TPSA) is 71.0 Å². The molecule has 0 atom stereocenters. The summed E-state index contributed by atoms with van der Waals surface area (Å²) in [6.07, 6.45) is 2.97. The largest absolute Gasteiger partial charge is 0.373 e. The SMILES string of the molecule is C=C(Nc1ccccc1)Nc1cc(-c2cc3cnc(NC)cc3n(CC)c2=O)c(Br)cc1F.CCC. The first-order valence-corrected chi connectivity index (χ1v) is 12.6. The lowest BCUT2D eigenvalue weighted by Crippen LogP contribution is -2.21. The predicted molar refractivity (Wildman–Crippen MR) is 153 cm³/mol. The number of nitrogens with one attached hydrogen (secondary N) is 3. The van der Waals surface area contributed by atoms with Gasteiger partial charge in [0.15, 0.2) is 0 Å². The molecule has 4 aromatic rings. The van der Waals surface area contributed by atoms with Gasteiger partial charge in [-0.25, -0.2) is 9.37 Å². The Bertz CT molecular complexity index is 1420. The summed E-state index contributed by atoms with van der Waals surface area (Å²) in [5.41, 5.74) is 2.65. The molecule has 0 saturated carbocycles. The number of pyridine rings is 2. The number of anilines is 3. The van der Waals surface area contributed by atoms with Crippen LogP contribution in [-0.4, -0.2) is 16.6 Å². The number of fused-ring (bicyclic) bond motifs is 1. The van der Waals surface area contributed by atoms with Gasteiger partial charge in [0.1, 0.15) is 17.5 Å². The predicted octanol–water partition coefficient (Wildman–Crippen LogP) is 7.44. The Morgan fingerprint density at radius 3 is 2.39 bits per heavy atom. The quantitative estimate of drug-likeness (QED) is 0.222. The second-order valence-corrected chi connectivity index (χ2v) is 8.95. The van der Waals surface area contributed by atoms with Gasteiger partial charge in [-0.05, 0) is 37.3 Å². The van der Waals surface area contributed by atoms with Crippen LogP contribution in [0.25, 0.3) is 22.0 Å². The zero-order chi connectivity index (χ0) is 26.2. The van der Waals surface area contributed by atoms with E-state index < -0.39 is 5.82 Å². The Hall–Kier alpha value is -3.65. The van der Waals surface area contributed by atoms with Crippen molar-refractivity contribution in [2.24, 2.45) is 0 Å². The molecule has 8 heteroatoms. The lowest BCUT2D eigenvalue weighted by Gasteiger charge is -2.16. The molecule has 0 aliphatic heterocycles. The van der Waals surface area contributed by atoms with Gasteiger partial charge in [-0.1, -0.05) is 61.0 Å². The molecule has 3 N–H and O–H groups in total. The van der Waals surface area contributed by atoms with E-state index in [9.17, 15) is 9.18 Å². The highest BCUT2D eigenvalue weighted by molar-refractivity contribution is 9.10. The van der Waals surface area contributed by atoms with Crippen molar-refractivity contribution in [1.29, 1.82) is 0 Å². The van der Waals surface area contributed by atoms with Crippen molar-refractivity contribution in [2.45, 2.75) is 33.7 Å². The number of nitrogens with zero attached hydrogens (tertiary/aromatic N) is 2. The van der Waals surface area contributed by atoms with Gasteiger partial charge in [-0.3, -0.25) is 4.79 Å². The lowest BCUT2D eigenvalue weighted by molar-refractivity contribution is 0.630. The van der Waals surface area contributed by atoms with Crippen LogP contribution in [0.3, 0.4) is 0 Å². The molecule has 0 saturated heterocycles. The first-order valence-electron chi connectivity index (χ1n) is 11.8. The molecule has 0 radical (unpaired) electrons. The number of aromatic nitrogens is 2. The minimum absolute atomic E-state index is 0.169. The summed E-state index contributed by atoms with van der Waals surface area (Å²) < 4.78 is 16.9. The van der Waals surface area contributed by atoms with Gasteiger partial charge in [0.05, 0.1) is 11.2 Å². The first kappa shape index (κ1) is 26.9. The molecule has 36 heavy (non-hydrogen) atoms. The smallest absolute Gasteiger partial charge is 0.258 e. The van der Waals surface area contributed by atoms with Gasteiger partial charge < -0.3 is 20.5 Å². The number of hydrogen-bond acceptors (Lipinski definition) is 5. The van der Waals surface area contributed by atoms with Gasteiger partial charge >= 0.3 is 0 Å². The number of benzene rings is 2. The standard InChI is InChI=1S/C25H23BrFN5O.C3H8/c1-4-32-23-13-24(28-3)29-14-16(23)10-19(25(32)33)18-11-22(21(27)12-20(18)26)31-15(2)30-17-8-6-5-7-9-17;1-3-2/h5-14,30-31H,2,4H2,1,3H3,(H,28,29);3H2,1-2H3. The van der Waals surface area contributed by atoms with Gasteiger partial charge in [0.2, 0.25) is 0 Å². The summed E-state index contributed by atoms with van der Waals surface area (Å²) in [7, 11) is 1.78. The molecular formula is C28H31BrFN5O. The summed E-state index contributed by atoms with van der Waals surface area (Å²) in [6.45, 7) is 10.6. The van der Waals surface area contributed by atoms with Crippen LogP contribution in [0.5, 0.6) is 0 Å². The van der Waals surface area contributed by atoms with E-state index in [2.05, 4.69) is 57.3 Å². The molecule has 0 spiro atoms. The van der Waals surface area contributed by atoms with Crippen LogP contribution in [-0.2, 0) is 6.54 Å². The fourth-order valence-corrected chi connectivity index (χ4v) is 4.19. The monoisotopic (exact) mass is 551 g/mol. The highest BCUT2D eigenvalue weighted by atomic mass is 79.9. The average Bonchev–Trinajstić information content (AvgIpc) is 2.86. The highest BCUT2D eigenvalue weighted by Crippen LogP contribution is 2.33. The molecule has 0 aliphatic rings. The van der Waals surface area contributed by atoms with Crippen molar-refractivity contribution >= 4 is 44.0 Å². The number of halogens is 2. The second kappa shape index (κ2) is 12.4. The first-order chi connectivity index (χ1) is 17.3. The normalized spacial score (nSPS) is 10.4. The molecule has 0 bridgehead atoms. The van der Waals surface area contributed by atoms with E-state index in [0.717, 1.165) is 16.6 Å². The lowest BCUT2D eigenvalue weighted by atomic mass is 10.0. The Morgan fingerprint density at radius 1 is 1.06 bits per heavy atom. The summed E-state index contributed by atoms with van der Waals surface area (Å²) in [4.78, 5) is 17.8. The van der Waals surface area contributed by atoms with Crippen LogP contribution in [0, 0.1) is 5.82 Å². The molecule has 6 nitrogen and oxygen atoms in total. The molecule has 2 aromatic heterocycles. The fourth-order valence-electron chi connectivity index (χ4n) is 3.66. The van der Waals surface area contributed by atoms with Gasteiger partial charge in [0.25, 0.3) is 5.56 Å². The zero-order valence-electron chi connectivity index (χ0n) is 21.0. The third-order valence-corrected chi connectivity index (χ3v) is 5.91. The molecular weight excluding hydrogens is 521 g/mol. The Kier molecular flexibility index (Phi) is 9.25. The minimum Gasteiger partial charge on any atom is -0.373 e. The molecule has 2 aromatic carbocycles. The third-order valence-electron chi connectivity index (χ3n) is 5.25. The van der Waals surface area contributed by atoms with Crippen LogP contribution in [0.2, 0.25) is 0 Å². The Morgan fingerprint density at radius 2 is 1.75 bits per heavy atom. The molecule has 0 unspecified atom stereocenters. The van der Waals surface area contributed by atoms with Crippen molar-refractivity contribution in [1.82, 2.24) is 9.55 Å². The van der Waals surface area contributed by atoms with Crippen LogP contribution in [0.1, 0.15) is 27.2 Å². The number of aryl methyl sites for hydroxylation is 1. The van der Waals surface area contributed by atoms with E-state index in [0.29, 0.717) is 33.8 Å². The maximum absolute atomic E-state index is 14.8. The van der Waals surface area contributed by atoms with E-state index in [1.165, 1.54) is 12.5 Å². The van der Waals surface area contributed by atoms with Crippen molar-refractivity contribution in [2.75, 3.05) is 23.0 Å². The Labute approximate surface area is 219 Å². The van der Waals surface area contributed by atoms with Crippen molar-refractivity contribution in [3.05, 3.63) is 93.8 Å². The van der Waals surface area contributed by atoms with Crippen LogP contribution in [0.15, 0.2) is 82.5 Å². The van der Waals surface area contributed by atoms with Crippen molar-refractivity contribution in [3.8, 4) is 11.1 Å². The fraction of sp³-hybridized carbons (Fsp3) is 0.214. The maximum atomic E-state index is 14.8. The second-order valence-electron chi connectivity index (χ2n) is 8.10. The summed E-state index contributed by atoms with van der Waals surface area (Å²) >= 11 is 3.43. The van der Waals surface area contributed by atoms with Crippen molar-refractivity contribution < 1.29 is 4.39 Å². The van der Waals surface area contributed by atoms with E-state index in [1.54, 1.807) is 29.9 Å². The van der Waals surface area contributed by atoms with Gasteiger partial charge in [-0.15, -0.1) is 0 Å². The average molecular weight is 552 g/mol. The third kappa shape index (κ3) is 6.12. The van der Waals surface area contributed by atoms with Gasteiger partial charge in [-0.2, -0.15) is 0 Å². The van der Waals surface area contributed by atoms with E-state index >= 15 is 0 Å². The van der Waals surface area contributed by atoms with Crippen LogP contribution >= 0.6 is 15.9 Å². The summed E-state index contributed by atoms with van der Waals surface area (Å²) in [5, 5.41) is 9.87. The maximum Gasteiger partial charge on any atom is 0.258 e. The number of hydrogen-bond donors (Lipinski definition) is 3. The Balaban J connectivity index is 0.00000115. The molecule has 4 rings (SSSR count). The van der Waals surface area contributed by atoms with E-state index in [1.807, 2.05) is 43.3 Å². The van der Waals surface area contributed by atoms with Gasteiger partial charge in [0, 0.05) is 52.5 Å². The van der Waals surface area contributed by atoms with Crippen molar-refractivity contribution in [3.63, 3.8) is 0 Å². The molecule has 0 aliphatic carbocycles. The zero-order valence-corrected chi connectivity index (χ0v) is 22.5. The van der Waals surface area contributed by atoms with Crippen LogP contribution < -0.4 is 21.5 Å². The van der Waals surface area contributed by atoms with E-state index in [4.69, 9.17) is 0 Å². The number of rotatable bonds is 7. The molecule has 2 heterocycles. The summed E-state index contributed by atoms with van der Waals surface area (Å²) in [5.74, 6) is 0.607. The molecule has 0 amide bonds. The molecule has 188 valence electrons. The number of para-hydroxylation sites is 1.